The van der Waals surface area contributed by atoms with Gasteiger partial charge in [-0.3, -0.25) is 9.89 Å². The van der Waals surface area contributed by atoms with Gasteiger partial charge in [0.1, 0.15) is 12.0 Å². The lowest BCUT2D eigenvalue weighted by Crippen LogP contribution is -2.28. The van der Waals surface area contributed by atoms with Crippen LogP contribution in [0.2, 0.25) is 0 Å². The van der Waals surface area contributed by atoms with Gasteiger partial charge in [-0.2, -0.15) is 4.52 Å². The van der Waals surface area contributed by atoms with Crippen LogP contribution in [0.5, 0.6) is 0 Å². The lowest BCUT2D eigenvalue weighted by atomic mass is 10.2. The molecule has 0 spiro atoms. The molecule has 0 unspecified atom stereocenters. The van der Waals surface area contributed by atoms with Crippen LogP contribution in [0.3, 0.4) is 0 Å². The van der Waals surface area contributed by atoms with Gasteiger partial charge in [0.2, 0.25) is 0 Å². The Morgan fingerprint density at radius 2 is 2.04 bits per heavy atom. The van der Waals surface area contributed by atoms with Gasteiger partial charge in [0.25, 0.3) is 11.3 Å². The first-order valence-electron chi connectivity index (χ1n) is 7.27. The number of hydrogen-bond donors (Lipinski definition) is 3. The number of amides is 2. The summed E-state index contributed by atoms with van der Waals surface area (Å²) in [7, 11) is 0. The van der Waals surface area contributed by atoms with Crippen LogP contribution in [0.25, 0.3) is 5.78 Å². The number of aromatic amines is 1. The Hall–Kier alpha value is -3.16. The number of fused-ring (bicyclic) bond motifs is 1. The number of benzene rings is 1. The quantitative estimate of drug-likeness (QED) is 0.685. The number of carbonyl (C=O) groups is 1. The molecule has 23 heavy (non-hydrogen) atoms. The predicted molar refractivity (Wildman–Crippen MR) is 86.7 cm³/mol. The number of hydrogen-bond acceptors (Lipinski definition) is 4. The second-order valence-corrected chi connectivity index (χ2v) is 4.96. The van der Waals surface area contributed by atoms with Gasteiger partial charge < -0.3 is 10.6 Å². The molecule has 0 fully saturated rings. The normalized spacial score (nSPS) is 10.7. The van der Waals surface area contributed by atoms with Crippen molar-refractivity contribution in [2.45, 2.75) is 19.8 Å². The van der Waals surface area contributed by atoms with Crippen molar-refractivity contribution in [3.05, 3.63) is 52.7 Å². The molecule has 118 valence electrons. The number of nitrogens with one attached hydrogen (secondary N) is 3. The molecule has 0 atom stereocenters. The standard InChI is InChI=1S/C15H16N6O2/c1-2-6-11-12(13(22)21-14(19-11)16-9-17-21)20-15(23)18-10-7-4-3-5-8-10/h3-5,7-9H,2,6H2,1H3,(H,16,17,19)(H2,18,20,23). The zero-order valence-corrected chi connectivity index (χ0v) is 12.5. The Morgan fingerprint density at radius 1 is 1.26 bits per heavy atom. The van der Waals surface area contributed by atoms with Crippen molar-refractivity contribution in [3.8, 4) is 0 Å². The average Bonchev–Trinajstić information content (AvgIpc) is 3.01. The summed E-state index contributed by atoms with van der Waals surface area (Å²) >= 11 is 0. The van der Waals surface area contributed by atoms with Crippen molar-refractivity contribution in [1.29, 1.82) is 0 Å². The average molecular weight is 312 g/mol. The third kappa shape index (κ3) is 3.05. The molecule has 3 N–H and O–H groups in total. The summed E-state index contributed by atoms with van der Waals surface area (Å²) in [6.45, 7) is 1.97. The molecule has 2 heterocycles. The Morgan fingerprint density at radius 3 is 2.78 bits per heavy atom. The van der Waals surface area contributed by atoms with E-state index in [1.807, 2.05) is 25.1 Å². The topological polar surface area (TPSA) is 104 Å². The van der Waals surface area contributed by atoms with Gasteiger partial charge in [-0.15, -0.1) is 0 Å². The van der Waals surface area contributed by atoms with Crippen LogP contribution in [-0.4, -0.2) is 25.6 Å². The van der Waals surface area contributed by atoms with Gasteiger partial charge in [-0.1, -0.05) is 31.5 Å². The highest BCUT2D eigenvalue weighted by Crippen LogP contribution is 2.12. The van der Waals surface area contributed by atoms with E-state index >= 15 is 0 Å². The van der Waals surface area contributed by atoms with Gasteiger partial charge in [-0.05, 0) is 18.6 Å². The highest BCUT2D eigenvalue weighted by atomic mass is 16.2. The maximum Gasteiger partial charge on any atom is 0.323 e. The summed E-state index contributed by atoms with van der Waals surface area (Å²) in [5.74, 6) is 0.285. The third-order valence-electron chi connectivity index (χ3n) is 3.26. The van der Waals surface area contributed by atoms with Crippen molar-refractivity contribution in [1.82, 2.24) is 19.6 Å². The molecule has 0 radical (unpaired) electrons. The first kappa shape index (κ1) is 14.8. The van der Waals surface area contributed by atoms with E-state index in [1.165, 1.54) is 10.8 Å². The summed E-state index contributed by atoms with van der Waals surface area (Å²) in [5, 5.41) is 7.96. The van der Waals surface area contributed by atoms with E-state index in [-0.39, 0.29) is 17.0 Å². The molecule has 8 nitrogen and oxygen atoms in total. The van der Waals surface area contributed by atoms with Crippen molar-refractivity contribution in [2.24, 2.45) is 0 Å². The largest absolute Gasteiger partial charge is 0.323 e. The van der Waals surface area contributed by atoms with Crippen LogP contribution >= 0.6 is 0 Å². The van der Waals surface area contributed by atoms with E-state index in [9.17, 15) is 9.59 Å². The molecule has 3 rings (SSSR count). The van der Waals surface area contributed by atoms with Crippen molar-refractivity contribution in [2.75, 3.05) is 10.6 Å². The second-order valence-electron chi connectivity index (χ2n) is 4.96. The van der Waals surface area contributed by atoms with Crippen molar-refractivity contribution in [3.63, 3.8) is 0 Å². The SMILES string of the molecule is CCCc1nc2nc[nH]n2c(=O)c1NC(=O)Nc1ccccc1. The van der Waals surface area contributed by atoms with Crippen LogP contribution in [-0.2, 0) is 6.42 Å². The minimum absolute atomic E-state index is 0.155. The van der Waals surface area contributed by atoms with E-state index in [0.717, 1.165) is 6.42 Å². The Bertz CT molecular complexity index is 884. The summed E-state index contributed by atoms with van der Waals surface area (Å²) in [6.07, 6.45) is 2.74. The Labute approximate surface area is 131 Å². The fourth-order valence-corrected chi connectivity index (χ4v) is 2.24. The first-order chi connectivity index (χ1) is 11.2. The summed E-state index contributed by atoms with van der Waals surface area (Å²) in [6, 6.07) is 8.50. The van der Waals surface area contributed by atoms with E-state index < -0.39 is 6.03 Å². The predicted octanol–water partition coefficient (Wildman–Crippen LogP) is 2.01. The molecule has 0 aliphatic heterocycles. The number of nitrogens with zero attached hydrogens (tertiary/aromatic N) is 3. The van der Waals surface area contributed by atoms with Crippen LogP contribution in [0.1, 0.15) is 19.0 Å². The molecule has 8 heteroatoms. The van der Waals surface area contributed by atoms with Crippen LogP contribution in [0.4, 0.5) is 16.2 Å². The van der Waals surface area contributed by atoms with Crippen molar-refractivity contribution < 1.29 is 4.79 Å². The van der Waals surface area contributed by atoms with E-state index in [2.05, 4.69) is 25.7 Å². The first-order valence-corrected chi connectivity index (χ1v) is 7.27. The molecule has 0 saturated heterocycles. The van der Waals surface area contributed by atoms with Crippen molar-refractivity contribution >= 4 is 23.2 Å². The number of para-hydroxylation sites is 1. The van der Waals surface area contributed by atoms with E-state index in [0.29, 0.717) is 17.8 Å². The molecule has 0 bridgehead atoms. The zero-order chi connectivity index (χ0) is 16.2. The number of rotatable bonds is 4. The maximum atomic E-state index is 12.5. The number of anilines is 2. The minimum Gasteiger partial charge on any atom is -0.308 e. The summed E-state index contributed by atoms with van der Waals surface area (Å²) in [5.41, 5.74) is 0.923. The molecule has 1 aromatic carbocycles. The molecular weight excluding hydrogens is 296 g/mol. The molecule has 0 saturated carbocycles. The monoisotopic (exact) mass is 312 g/mol. The maximum absolute atomic E-state index is 12.5. The number of H-pyrrole nitrogens is 1. The zero-order valence-electron chi connectivity index (χ0n) is 12.5. The molecule has 3 aromatic rings. The molecule has 0 aliphatic carbocycles. The van der Waals surface area contributed by atoms with Gasteiger partial charge in [0.15, 0.2) is 0 Å². The van der Waals surface area contributed by atoms with E-state index in [1.54, 1.807) is 12.1 Å². The molecular formula is C15H16N6O2. The van der Waals surface area contributed by atoms with Gasteiger partial charge in [0.05, 0.1) is 5.69 Å². The van der Waals surface area contributed by atoms with Gasteiger partial charge in [0, 0.05) is 5.69 Å². The second kappa shape index (κ2) is 6.30. The lowest BCUT2D eigenvalue weighted by Gasteiger charge is -2.10. The third-order valence-corrected chi connectivity index (χ3v) is 3.26. The number of aryl methyl sites for hydroxylation is 1. The Balaban J connectivity index is 1.91. The summed E-state index contributed by atoms with van der Waals surface area (Å²) < 4.78 is 1.19. The fraction of sp³-hybridized carbons (Fsp3) is 0.200. The smallest absolute Gasteiger partial charge is 0.308 e. The molecule has 2 aromatic heterocycles. The van der Waals surface area contributed by atoms with Gasteiger partial charge >= 0.3 is 6.03 Å². The number of aromatic nitrogens is 4. The highest BCUT2D eigenvalue weighted by molar-refractivity contribution is 6.00. The fourth-order valence-electron chi connectivity index (χ4n) is 2.24. The summed E-state index contributed by atoms with van der Waals surface area (Å²) in [4.78, 5) is 32.9. The lowest BCUT2D eigenvalue weighted by molar-refractivity contribution is 0.262. The van der Waals surface area contributed by atoms with E-state index in [4.69, 9.17) is 0 Å². The van der Waals surface area contributed by atoms with Crippen LogP contribution in [0.15, 0.2) is 41.5 Å². The number of urea groups is 1. The number of carbonyl (C=O) groups excluding carboxylic acids is 1. The van der Waals surface area contributed by atoms with Crippen LogP contribution in [0, 0.1) is 0 Å². The highest BCUT2D eigenvalue weighted by Gasteiger charge is 2.16. The molecule has 2 amide bonds. The Kier molecular flexibility index (Phi) is 4.05. The van der Waals surface area contributed by atoms with Crippen LogP contribution < -0.4 is 16.2 Å². The minimum atomic E-state index is -0.494. The van der Waals surface area contributed by atoms with Gasteiger partial charge in [-0.25, -0.2) is 14.8 Å². The molecule has 0 aliphatic rings.